The van der Waals surface area contributed by atoms with E-state index in [1.807, 2.05) is 6.92 Å². The third-order valence-corrected chi connectivity index (χ3v) is 4.42. The number of methoxy groups -OCH3 is 2. The Hall–Kier alpha value is -1.02. The maximum absolute atomic E-state index is 12.2. The first-order valence-corrected chi connectivity index (χ1v) is 7.87. The minimum atomic E-state index is -3.55. The molecule has 1 aromatic carbocycles. The van der Waals surface area contributed by atoms with Crippen LogP contribution in [0.3, 0.4) is 0 Å². The number of ether oxygens (including phenoxy) is 2. The number of nitrogens with one attached hydrogen (secondary N) is 2. The monoisotopic (exact) mass is 338 g/mol. The summed E-state index contributed by atoms with van der Waals surface area (Å²) in [5.74, 6) is 0.904. The lowest BCUT2D eigenvalue weighted by atomic mass is 10.2. The van der Waals surface area contributed by atoms with Gasteiger partial charge in [-0.1, -0.05) is 6.92 Å². The first-order chi connectivity index (χ1) is 9.46. The molecule has 1 rings (SSSR count). The Morgan fingerprint density at radius 2 is 1.67 bits per heavy atom. The molecule has 0 radical (unpaired) electrons. The van der Waals surface area contributed by atoms with Crippen LogP contribution in [-0.4, -0.2) is 42.3 Å². The molecule has 0 aliphatic carbocycles. The van der Waals surface area contributed by atoms with Crippen LogP contribution in [0.15, 0.2) is 17.0 Å². The molecule has 0 aromatic heterocycles. The van der Waals surface area contributed by atoms with Crippen molar-refractivity contribution in [3.63, 3.8) is 0 Å². The fourth-order valence-corrected chi connectivity index (χ4v) is 3.05. The molecule has 0 unspecified atom stereocenters. The molecule has 1 aromatic rings. The first kappa shape index (κ1) is 20.0. The molecule has 6 nitrogen and oxygen atoms in total. The molecular formula is C13H23ClN2O4S. The van der Waals surface area contributed by atoms with Gasteiger partial charge in [0.2, 0.25) is 10.0 Å². The van der Waals surface area contributed by atoms with Crippen LogP contribution in [-0.2, 0) is 10.0 Å². The van der Waals surface area contributed by atoms with E-state index in [2.05, 4.69) is 10.0 Å². The summed E-state index contributed by atoms with van der Waals surface area (Å²) in [6.07, 6.45) is 0. The van der Waals surface area contributed by atoms with Crippen molar-refractivity contribution in [2.24, 2.45) is 0 Å². The van der Waals surface area contributed by atoms with Gasteiger partial charge >= 0.3 is 0 Å². The Balaban J connectivity index is 0.00000400. The van der Waals surface area contributed by atoms with Crippen LogP contribution in [0.25, 0.3) is 0 Å². The number of halogens is 1. The van der Waals surface area contributed by atoms with Gasteiger partial charge in [0, 0.05) is 19.2 Å². The maximum Gasteiger partial charge on any atom is 0.241 e. The Labute approximate surface area is 132 Å². The van der Waals surface area contributed by atoms with E-state index in [0.717, 1.165) is 6.54 Å². The van der Waals surface area contributed by atoms with Gasteiger partial charge in [-0.25, -0.2) is 13.1 Å². The zero-order valence-electron chi connectivity index (χ0n) is 12.7. The molecule has 0 aliphatic heterocycles. The number of likely N-dealkylation sites (N-methyl/N-ethyl adjacent to an activating group) is 1. The second-order valence-electron chi connectivity index (χ2n) is 4.22. The number of hydrogen-bond acceptors (Lipinski definition) is 5. The molecule has 0 aliphatic rings. The average Bonchev–Trinajstić information content (AvgIpc) is 2.43. The summed E-state index contributed by atoms with van der Waals surface area (Å²) in [5, 5.41) is 3.06. The van der Waals surface area contributed by atoms with Gasteiger partial charge in [-0.15, -0.1) is 12.4 Å². The van der Waals surface area contributed by atoms with E-state index in [-0.39, 0.29) is 17.3 Å². The summed E-state index contributed by atoms with van der Waals surface area (Å²) in [6, 6.07) is 3.13. The smallest absolute Gasteiger partial charge is 0.241 e. The van der Waals surface area contributed by atoms with Gasteiger partial charge in [-0.3, -0.25) is 0 Å². The molecule has 0 spiro atoms. The lowest BCUT2D eigenvalue weighted by Gasteiger charge is -2.13. The van der Waals surface area contributed by atoms with E-state index in [9.17, 15) is 8.42 Å². The predicted octanol–water partition coefficient (Wildman–Crippen LogP) is 1.32. The number of hydrogen-bond donors (Lipinski definition) is 2. The Morgan fingerprint density at radius 3 is 2.19 bits per heavy atom. The maximum atomic E-state index is 12.2. The third-order valence-electron chi connectivity index (χ3n) is 2.81. The minimum absolute atomic E-state index is 0. The van der Waals surface area contributed by atoms with Gasteiger partial charge in [0.1, 0.15) is 0 Å². The molecule has 0 atom stereocenters. The van der Waals surface area contributed by atoms with Crippen molar-refractivity contribution in [3.8, 4) is 11.5 Å². The summed E-state index contributed by atoms with van der Waals surface area (Å²) < 4.78 is 37.3. The van der Waals surface area contributed by atoms with Crippen LogP contribution < -0.4 is 19.5 Å². The summed E-state index contributed by atoms with van der Waals surface area (Å²) in [6.45, 7) is 5.41. The zero-order chi connectivity index (χ0) is 15.2. The highest BCUT2D eigenvalue weighted by molar-refractivity contribution is 7.89. The molecule has 0 heterocycles. The van der Waals surface area contributed by atoms with Crippen LogP contribution in [0.4, 0.5) is 0 Å². The van der Waals surface area contributed by atoms with Gasteiger partial charge in [0.15, 0.2) is 11.5 Å². The van der Waals surface area contributed by atoms with E-state index in [1.54, 1.807) is 13.0 Å². The van der Waals surface area contributed by atoms with E-state index in [4.69, 9.17) is 9.47 Å². The fraction of sp³-hybridized carbons (Fsp3) is 0.538. The van der Waals surface area contributed by atoms with E-state index >= 15 is 0 Å². The average molecular weight is 339 g/mol. The highest BCUT2D eigenvalue weighted by Gasteiger charge is 2.19. The standard InChI is InChI=1S/C13H22N2O4S.ClH/c1-5-14-6-7-15-20(16,17)13-9-12(19-4)11(18-3)8-10(13)2;/h8-9,14-15H,5-7H2,1-4H3;1H. The highest BCUT2D eigenvalue weighted by atomic mass is 35.5. The second kappa shape index (κ2) is 9.09. The lowest BCUT2D eigenvalue weighted by Crippen LogP contribution is -2.32. The predicted molar refractivity (Wildman–Crippen MR) is 85.3 cm³/mol. The summed E-state index contributed by atoms with van der Waals surface area (Å²) in [7, 11) is -0.566. The fourth-order valence-electron chi connectivity index (χ4n) is 1.78. The Bertz CT molecular complexity index is 549. The van der Waals surface area contributed by atoms with Crippen LogP contribution in [0.1, 0.15) is 12.5 Å². The van der Waals surface area contributed by atoms with Gasteiger partial charge in [0.05, 0.1) is 19.1 Å². The molecule has 0 fully saturated rings. The molecule has 21 heavy (non-hydrogen) atoms. The van der Waals surface area contributed by atoms with Gasteiger partial charge < -0.3 is 14.8 Å². The van der Waals surface area contributed by atoms with Crippen molar-refractivity contribution < 1.29 is 17.9 Å². The zero-order valence-corrected chi connectivity index (χ0v) is 14.4. The topological polar surface area (TPSA) is 76.7 Å². The molecule has 2 N–H and O–H groups in total. The summed E-state index contributed by atoms with van der Waals surface area (Å²) >= 11 is 0. The van der Waals surface area contributed by atoms with Crippen molar-refractivity contribution in [3.05, 3.63) is 17.7 Å². The van der Waals surface area contributed by atoms with Crippen molar-refractivity contribution in [1.29, 1.82) is 0 Å². The molecule has 0 saturated carbocycles. The van der Waals surface area contributed by atoms with Crippen molar-refractivity contribution in [2.45, 2.75) is 18.7 Å². The Morgan fingerprint density at radius 1 is 1.10 bits per heavy atom. The molecule has 0 saturated heterocycles. The van der Waals surface area contributed by atoms with E-state index in [0.29, 0.717) is 30.2 Å². The van der Waals surface area contributed by atoms with Gasteiger partial charge in [-0.05, 0) is 25.1 Å². The van der Waals surface area contributed by atoms with Crippen molar-refractivity contribution in [1.82, 2.24) is 10.0 Å². The number of sulfonamides is 1. The number of rotatable bonds is 8. The normalized spacial score (nSPS) is 10.9. The summed E-state index contributed by atoms with van der Waals surface area (Å²) in [4.78, 5) is 0.201. The molecule has 0 bridgehead atoms. The SMILES string of the molecule is CCNCCNS(=O)(=O)c1cc(OC)c(OC)cc1C.Cl. The van der Waals surface area contributed by atoms with Crippen molar-refractivity contribution >= 4 is 22.4 Å². The highest BCUT2D eigenvalue weighted by Crippen LogP contribution is 2.32. The first-order valence-electron chi connectivity index (χ1n) is 6.39. The molecule has 8 heteroatoms. The van der Waals surface area contributed by atoms with Crippen LogP contribution in [0.2, 0.25) is 0 Å². The Kier molecular flexibility index (Phi) is 8.65. The largest absolute Gasteiger partial charge is 0.493 e. The van der Waals surface area contributed by atoms with Crippen molar-refractivity contribution in [2.75, 3.05) is 33.9 Å². The second-order valence-corrected chi connectivity index (χ2v) is 5.96. The number of benzene rings is 1. The minimum Gasteiger partial charge on any atom is -0.493 e. The third kappa shape index (κ3) is 5.35. The summed E-state index contributed by atoms with van der Waals surface area (Å²) in [5.41, 5.74) is 0.610. The number of aryl methyl sites for hydroxylation is 1. The van der Waals surface area contributed by atoms with Gasteiger partial charge in [-0.2, -0.15) is 0 Å². The van der Waals surface area contributed by atoms with Crippen LogP contribution in [0.5, 0.6) is 11.5 Å². The van der Waals surface area contributed by atoms with Crippen LogP contribution >= 0.6 is 12.4 Å². The van der Waals surface area contributed by atoms with E-state index < -0.39 is 10.0 Å². The quantitative estimate of drug-likeness (QED) is 0.699. The molecular weight excluding hydrogens is 316 g/mol. The van der Waals surface area contributed by atoms with Gasteiger partial charge in [0.25, 0.3) is 0 Å². The van der Waals surface area contributed by atoms with Crippen LogP contribution in [0, 0.1) is 6.92 Å². The molecule has 0 amide bonds. The lowest BCUT2D eigenvalue weighted by molar-refractivity contribution is 0.353. The molecule has 122 valence electrons. The van der Waals surface area contributed by atoms with E-state index in [1.165, 1.54) is 20.3 Å².